The quantitative estimate of drug-likeness (QED) is 0.173. The number of Topliss-reactive ketones (excluding diaryl/α,β-unsaturated/α-hetero) is 1. The average molecular weight is 928 g/mol. The molecular weight excluding hydrogens is 871 g/mol. The van der Waals surface area contributed by atoms with Crippen LogP contribution in [0.25, 0.3) is 11.0 Å². The average Bonchev–Trinajstić information content (AvgIpc) is 3.97. The van der Waals surface area contributed by atoms with E-state index >= 15 is 0 Å². The zero-order chi connectivity index (χ0) is 47.2. The van der Waals surface area contributed by atoms with Crippen molar-refractivity contribution in [2.45, 2.75) is 64.5 Å². The fraction of sp³-hybridized carbons (Fsp3) is 0.500. The van der Waals surface area contributed by atoms with Crippen LogP contribution in [0.4, 0.5) is 27.9 Å². The monoisotopic (exact) mass is 927 g/mol. The number of anilines is 4. The van der Waals surface area contributed by atoms with Crippen molar-refractivity contribution < 1.29 is 28.8 Å². The Balaban J connectivity index is 0.658. The summed E-state index contributed by atoms with van der Waals surface area (Å²) in [6, 6.07) is 8.24. The molecule has 1 unspecified atom stereocenters. The number of aryl methyl sites for hydroxylation is 1. The Labute approximate surface area is 393 Å². The van der Waals surface area contributed by atoms with Crippen LogP contribution in [0.3, 0.4) is 0 Å². The normalized spacial score (nSPS) is 21.0. The summed E-state index contributed by atoms with van der Waals surface area (Å²) in [6.07, 6.45) is 7.48. The van der Waals surface area contributed by atoms with E-state index in [1.807, 2.05) is 28.0 Å². The van der Waals surface area contributed by atoms with Crippen molar-refractivity contribution in [3.8, 4) is 0 Å². The van der Waals surface area contributed by atoms with Crippen LogP contribution in [0.2, 0.25) is 0 Å². The van der Waals surface area contributed by atoms with Crippen molar-refractivity contribution in [2.75, 3.05) is 107 Å². The molecule has 6 aliphatic rings. The minimum absolute atomic E-state index is 0.00807. The van der Waals surface area contributed by atoms with Gasteiger partial charge in [-0.25, -0.2) is 14.8 Å². The zero-order valence-corrected chi connectivity index (χ0v) is 38.6. The minimum Gasteiger partial charge on any atom is -0.369 e. The first-order chi connectivity index (χ1) is 32.9. The van der Waals surface area contributed by atoms with Crippen molar-refractivity contribution in [1.29, 1.82) is 0 Å². The molecule has 0 bridgehead atoms. The number of piperazine rings is 3. The van der Waals surface area contributed by atoms with Gasteiger partial charge >= 0.3 is 6.03 Å². The van der Waals surface area contributed by atoms with Crippen molar-refractivity contribution in [2.24, 2.45) is 0 Å². The summed E-state index contributed by atoms with van der Waals surface area (Å²) in [7, 11) is 0. The van der Waals surface area contributed by atoms with E-state index in [1.165, 1.54) is 6.92 Å². The second-order valence-corrected chi connectivity index (χ2v) is 18.7. The van der Waals surface area contributed by atoms with Gasteiger partial charge < -0.3 is 24.9 Å². The van der Waals surface area contributed by atoms with E-state index in [-0.39, 0.29) is 47.4 Å². The molecule has 0 spiro atoms. The standard InChI is InChI=1S/C48H57N13O7/c1-30-37-29-50-47(53-42(37)60(32-5-3-4-6-32)46(67)41(30)31(2)62)51-39-11-8-34(28-49-39)57-23-25-59(26-24-57)48(68)58-21-17-55(18-22-58)14-13-54-15-19-56(20-16-54)33-7-9-35-36(27-33)45(66)61(44(35)65)38-10-12-40(63)52-43(38)64/h7-9,11,27-29,32,38H,3-6,10,12-26H2,1-2H3,(H,52,63,64)(H,49,50,51,53). The zero-order valence-electron chi connectivity index (χ0n) is 38.6. The Morgan fingerprint density at radius 3 is 1.99 bits per heavy atom. The minimum atomic E-state index is -0.985. The number of aromatic nitrogens is 4. The summed E-state index contributed by atoms with van der Waals surface area (Å²) in [4.78, 5) is 118. The summed E-state index contributed by atoms with van der Waals surface area (Å²) in [5.74, 6) is -1.39. The Morgan fingerprint density at radius 2 is 1.34 bits per heavy atom. The fourth-order valence-corrected chi connectivity index (χ4v) is 10.8. The number of urea groups is 1. The number of carbonyl (C=O) groups excluding carboxylic acids is 6. The van der Waals surface area contributed by atoms with Crippen LogP contribution in [0, 0.1) is 6.92 Å². The van der Waals surface area contributed by atoms with Crippen LogP contribution >= 0.6 is 0 Å². The molecule has 20 nitrogen and oxygen atoms in total. The van der Waals surface area contributed by atoms with Crippen LogP contribution < -0.4 is 26.0 Å². The second kappa shape index (κ2) is 18.7. The summed E-state index contributed by atoms with van der Waals surface area (Å²) < 4.78 is 1.70. The van der Waals surface area contributed by atoms with Gasteiger partial charge in [-0.15, -0.1) is 0 Å². The molecule has 68 heavy (non-hydrogen) atoms. The number of pyridine rings is 2. The van der Waals surface area contributed by atoms with E-state index < -0.39 is 29.7 Å². The summed E-state index contributed by atoms with van der Waals surface area (Å²) in [5, 5.41) is 6.13. The van der Waals surface area contributed by atoms with Crippen molar-refractivity contribution in [3.05, 3.63) is 75.3 Å². The maximum absolute atomic E-state index is 13.6. The van der Waals surface area contributed by atoms with Crippen molar-refractivity contribution >= 4 is 69.6 Å². The number of fused-ring (bicyclic) bond motifs is 2. The van der Waals surface area contributed by atoms with Gasteiger partial charge in [-0.05, 0) is 69.0 Å². The van der Waals surface area contributed by atoms with Gasteiger partial charge in [0.1, 0.15) is 17.5 Å². The smallest absolute Gasteiger partial charge is 0.320 e. The Kier molecular flexibility index (Phi) is 12.4. The van der Waals surface area contributed by atoms with Crippen molar-refractivity contribution in [3.63, 3.8) is 0 Å². The first kappa shape index (κ1) is 45.0. The topological polar surface area (TPSA) is 210 Å². The third-order valence-electron chi connectivity index (χ3n) is 14.7. The summed E-state index contributed by atoms with van der Waals surface area (Å²) >= 11 is 0. The molecule has 1 aromatic carbocycles. The first-order valence-corrected chi connectivity index (χ1v) is 23.9. The Morgan fingerprint density at radius 1 is 0.721 bits per heavy atom. The van der Waals surface area contributed by atoms with E-state index in [1.54, 1.807) is 36.0 Å². The van der Waals surface area contributed by atoms with Gasteiger partial charge in [-0.2, -0.15) is 4.98 Å². The van der Waals surface area contributed by atoms with Gasteiger partial charge in [0, 0.05) is 121 Å². The predicted molar refractivity (Wildman–Crippen MR) is 253 cm³/mol. The molecule has 10 rings (SSSR count). The molecule has 20 heteroatoms. The van der Waals surface area contributed by atoms with E-state index in [9.17, 15) is 33.6 Å². The molecule has 4 saturated heterocycles. The van der Waals surface area contributed by atoms with E-state index in [4.69, 9.17) is 4.98 Å². The highest BCUT2D eigenvalue weighted by atomic mass is 16.2. The fourth-order valence-electron chi connectivity index (χ4n) is 10.8. The highest BCUT2D eigenvalue weighted by Gasteiger charge is 2.45. The number of hydrogen-bond donors (Lipinski definition) is 2. The number of piperidine rings is 1. The maximum Gasteiger partial charge on any atom is 0.320 e. The van der Waals surface area contributed by atoms with Gasteiger partial charge in [0.2, 0.25) is 17.8 Å². The number of benzene rings is 1. The number of nitrogens with one attached hydrogen (secondary N) is 2. The number of amides is 6. The predicted octanol–water partition coefficient (Wildman–Crippen LogP) is 2.64. The summed E-state index contributed by atoms with van der Waals surface area (Å²) in [5.41, 5.74) is 3.43. The van der Waals surface area contributed by atoms with Crippen LogP contribution in [0.15, 0.2) is 47.5 Å². The number of ketones is 1. The van der Waals surface area contributed by atoms with Crippen LogP contribution in [0.5, 0.6) is 0 Å². The number of nitrogens with zero attached hydrogens (tertiary/aromatic N) is 11. The maximum atomic E-state index is 13.6. The van der Waals surface area contributed by atoms with E-state index in [0.717, 1.165) is 94.3 Å². The van der Waals surface area contributed by atoms with Gasteiger partial charge in [-0.1, -0.05) is 12.8 Å². The lowest BCUT2D eigenvalue weighted by Gasteiger charge is -2.41. The Hall–Kier alpha value is -6.80. The molecule has 2 N–H and O–H groups in total. The van der Waals surface area contributed by atoms with Gasteiger partial charge in [0.25, 0.3) is 17.4 Å². The SMILES string of the molecule is CC(=O)c1c(C)c2cnc(Nc3ccc(N4CCN(C(=O)N5CCN(CCN6CCN(c7ccc8c(c7)C(=O)N(C7CCC(=O)NC7=O)C8=O)CC6)CC5)CC4)cn3)nc2n(C2CCCC2)c1=O. The van der Waals surface area contributed by atoms with Crippen LogP contribution in [-0.4, -0.2) is 177 Å². The number of imide groups is 2. The third-order valence-corrected chi connectivity index (χ3v) is 14.7. The van der Waals surface area contributed by atoms with E-state index in [0.29, 0.717) is 73.2 Å². The number of hydrogen-bond acceptors (Lipinski definition) is 15. The van der Waals surface area contributed by atoms with Gasteiger partial charge in [0.15, 0.2) is 5.78 Å². The highest BCUT2D eigenvalue weighted by molar-refractivity contribution is 6.23. The lowest BCUT2D eigenvalue weighted by molar-refractivity contribution is -0.136. The molecule has 0 radical (unpaired) electrons. The molecule has 5 aliphatic heterocycles. The van der Waals surface area contributed by atoms with Crippen LogP contribution in [0.1, 0.15) is 88.1 Å². The van der Waals surface area contributed by atoms with Crippen LogP contribution in [-0.2, 0) is 9.59 Å². The number of carbonyl (C=O) groups is 6. The largest absolute Gasteiger partial charge is 0.369 e. The molecule has 1 atom stereocenters. The lowest BCUT2D eigenvalue weighted by Crippen LogP contribution is -2.57. The molecule has 356 valence electrons. The second-order valence-electron chi connectivity index (χ2n) is 18.7. The molecule has 5 fully saturated rings. The van der Waals surface area contributed by atoms with Crippen molar-refractivity contribution in [1.82, 2.24) is 49.3 Å². The lowest BCUT2D eigenvalue weighted by atomic mass is 10.0. The van der Waals surface area contributed by atoms with Gasteiger partial charge in [-0.3, -0.25) is 53.4 Å². The molecular formula is C48H57N13O7. The van der Waals surface area contributed by atoms with Gasteiger partial charge in [0.05, 0.1) is 28.6 Å². The molecule has 6 amide bonds. The summed E-state index contributed by atoms with van der Waals surface area (Å²) in [6.45, 7) is 13.9. The molecule has 1 saturated carbocycles. The first-order valence-electron chi connectivity index (χ1n) is 23.9. The Bertz CT molecular complexity index is 2730. The van der Waals surface area contributed by atoms with E-state index in [2.05, 4.69) is 40.2 Å². The highest BCUT2D eigenvalue weighted by Crippen LogP contribution is 2.33. The molecule has 3 aromatic heterocycles. The molecule has 4 aromatic rings. The molecule has 8 heterocycles. The molecule has 1 aliphatic carbocycles. The number of rotatable bonds is 10. The third kappa shape index (κ3) is 8.66.